The lowest BCUT2D eigenvalue weighted by Crippen LogP contribution is -2.09. The average molecular weight is 252 g/mol. The maximum atomic E-state index is 11.7. The van der Waals surface area contributed by atoms with Gasteiger partial charge in [0.15, 0.2) is 0 Å². The fraction of sp³-hybridized carbons (Fsp3) is 0.118. The van der Waals surface area contributed by atoms with Crippen molar-refractivity contribution in [3.05, 3.63) is 84.6 Å². The van der Waals surface area contributed by atoms with Crippen molar-refractivity contribution < 1.29 is 9.53 Å². The third kappa shape index (κ3) is 3.55. The normalized spacial score (nSPS) is 10.2. The van der Waals surface area contributed by atoms with Gasteiger partial charge in [-0.2, -0.15) is 0 Å². The van der Waals surface area contributed by atoms with E-state index in [1.807, 2.05) is 60.7 Å². The van der Waals surface area contributed by atoms with Gasteiger partial charge < -0.3 is 4.74 Å². The molecule has 0 bridgehead atoms. The Balaban J connectivity index is 2.29. The molecule has 0 spiro atoms. The van der Waals surface area contributed by atoms with Gasteiger partial charge in [-0.15, -0.1) is 0 Å². The molecule has 0 aliphatic rings. The molecule has 19 heavy (non-hydrogen) atoms. The Morgan fingerprint density at radius 1 is 1.00 bits per heavy atom. The summed E-state index contributed by atoms with van der Waals surface area (Å²) >= 11 is 0. The van der Waals surface area contributed by atoms with Crippen molar-refractivity contribution in [1.29, 1.82) is 0 Å². The molecular weight excluding hydrogens is 236 g/mol. The minimum Gasteiger partial charge on any atom is -0.435 e. The molecule has 96 valence electrons. The molecule has 0 radical (unpaired) electrons. The summed E-state index contributed by atoms with van der Waals surface area (Å²) in [6, 6.07) is 19.9. The van der Waals surface area contributed by atoms with Crippen LogP contribution in [0.25, 0.3) is 0 Å². The summed E-state index contributed by atoms with van der Waals surface area (Å²) < 4.78 is 4.84. The van der Waals surface area contributed by atoms with E-state index in [4.69, 9.17) is 4.74 Å². The van der Waals surface area contributed by atoms with Gasteiger partial charge in [0, 0.05) is 5.92 Å². The van der Waals surface area contributed by atoms with E-state index in [2.05, 4.69) is 6.58 Å². The summed E-state index contributed by atoms with van der Waals surface area (Å²) in [5.41, 5.74) is 2.21. The van der Waals surface area contributed by atoms with Gasteiger partial charge in [0.05, 0.1) is 12.7 Å². The van der Waals surface area contributed by atoms with E-state index in [9.17, 15) is 4.79 Å². The van der Waals surface area contributed by atoms with Crippen LogP contribution >= 0.6 is 0 Å². The number of carbonyl (C=O) groups is 1. The van der Waals surface area contributed by atoms with E-state index in [0.717, 1.165) is 11.1 Å². The SMILES string of the molecule is C=COC(=O)CC(c1ccccc1)c1ccccc1. The highest BCUT2D eigenvalue weighted by Gasteiger charge is 2.18. The second-order valence-electron chi connectivity index (χ2n) is 4.23. The van der Waals surface area contributed by atoms with E-state index >= 15 is 0 Å². The molecule has 0 heterocycles. The van der Waals surface area contributed by atoms with Crippen molar-refractivity contribution in [3.63, 3.8) is 0 Å². The Hall–Kier alpha value is -2.35. The highest BCUT2D eigenvalue weighted by Crippen LogP contribution is 2.28. The summed E-state index contributed by atoms with van der Waals surface area (Å²) in [7, 11) is 0. The Bertz CT molecular complexity index is 492. The molecular formula is C17H16O2. The molecule has 2 nitrogen and oxygen atoms in total. The Morgan fingerprint density at radius 3 is 1.89 bits per heavy atom. The third-order valence-corrected chi connectivity index (χ3v) is 2.99. The van der Waals surface area contributed by atoms with E-state index in [1.54, 1.807) is 0 Å². The van der Waals surface area contributed by atoms with Crippen LogP contribution < -0.4 is 0 Å². The van der Waals surface area contributed by atoms with E-state index in [-0.39, 0.29) is 11.9 Å². The first-order chi connectivity index (χ1) is 9.31. The maximum absolute atomic E-state index is 11.7. The summed E-state index contributed by atoms with van der Waals surface area (Å²) in [5.74, 6) is -0.262. The molecule has 0 aliphatic heterocycles. The standard InChI is InChI=1S/C17H16O2/c1-2-19-17(18)13-16(14-9-5-3-6-10-14)15-11-7-4-8-12-15/h2-12,16H,1,13H2. The molecule has 0 aromatic heterocycles. The molecule has 0 amide bonds. The number of ether oxygens (including phenoxy) is 1. The number of esters is 1. The first-order valence-corrected chi connectivity index (χ1v) is 6.21. The molecule has 0 atom stereocenters. The number of hydrogen-bond donors (Lipinski definition) is 0. The first kappa shape index (κ1) is 13.1. The van der Waals surface area contributed by atoms with Gasteiger partial charge in [-0.1, -0.05) is 67.2 Å². The topological polar surface area (TPSA) is 26.3 Å². The first-order valence-electron chi connectivity index (χ1n) is 6.21. The predicted octanol–water partition coefficient (Wildman–Crippen LogP) is 3.90. The lowest BCUT2D eigenvalue weighted by atomic mass is 9.89. The zero-order valence-corrected chi connectivity index (χ0v) is 10.7. The lowest BCUT2D eigenvalue weighted by molar-refractivity contribution is -0.138. The van der Waals surface area contributed by atoms with E-state index < -0.39 is 0 Å². The summed E-state index contributed by atoms with van der Waals surface area (Å²) in [6.07, 6.45) is 1.48. The van der Waals surface area contributed by atoms with Gasteiger partial charge in [-0.3, -0.25) is 4.79 Å². The lowest BCUT2D eigenvalue weighted by Gasteiger charge is -2.16. The zero-order chi connectivity index (χ0) is 13.5. The summed E-state index contributed by atoms with van der Waals surface area (Å²) in [5, 5.41) is 0. The molecule has 2 rings (SSSR count). The number of hydrogen-bond acceptors (Lipinski definition) is 2. The zero-order valence-electron chi connectivity index (χ0n) is 10.7. The number of benzene rings is 2. The molecule has 0 N–H and O–H groups in total. The fourth-order valence-electron chi connectivity index (χ4n) is 2.11. The largest absolute Gasteiger partial charge is 0.435 e. The highest BCUT2D eigenvalue weighted by atomic mass is 16.5. The minimum atomic E-state index is -0.271. The fourth-order valence-corrected chi connectivity index (χ4v) is 2.11. The molecule has 0 unspecified atom stereocenters. The van der Waals surface area contributed by atoms with Crippen LogP contribution in [0.2, 0.25) is 0 Å². The van der Waals surface area contributed by atoms with Crippen molar-refractivity contribution in [2.75, 3.05) is 0 Å². The molecule has 0 saturated heterocycles. The van der Waals surface area contributed by atoms with Crippen molar-refractivity contribution >= 4 is 5.97 Å². The number of carbonyl (C=O) groups excluding carboxylic acids is 1. The Kier molecular flexibility index (Phi) is 4.51. The van der Waals surface area contributed by atoms with Crippen LogP contribution in [0.4, 0.5) is 0 Å². The molecule has 2 aromatic carbocycles. The number of rotatable bonds is 5. The average Bonchev–Trinajstić information content (AvgIpc) is 2.47. The Morgan fingerprint density at radius 2 is 1.47 bits per heavy atom. The second-order valence-corrected chi connectivity index (χ2v) is 4.23. The third-order valence-electron chi connectivity index (χ3n) is 2.99. The van der Waals surface area contributed by atoms with Gasteiger partial charge in [-0.25, -0.2) is 0 Å². The van der Waals surface area contributed by atoms with Crippen LogP contribution in [-0.2, 0) is 9.53 Å². The van der Waals surface area contributed by atoms with Crippen molar-refractivity contribution in [2.24, 2.45) is 0 Å². The van der Waals surface area contributed by atoms with Gasteiger partial charge in [0.2, 0.25) is 0 Å². The van der Waals surface area contributed by atoms with Crippen LogP contribution in [0.15, 0.2) is 73.5 Å². The van der Waals surface area contributed by atoms with Gasteiger partial charge in [-0.05, 0) is 11.1 Å². The van der Waals surface area contributed by atoms with E-state index in [0.29, 0.717) is 6.42 Å². The van der Waals surface area contributed by atoms with Crippen LogP contribution in [-0.4, -0.2) is 5.97 Å². The van der Waals surface area contributed by atoms with Crippen LogP contribution in [0.3, 0.4) is 0 Å². The van der Waals surface area contributed by atoms with Crippen molar-refractivity contribution in [3.8, 4) is 0 Å². The monoisotopic (exact) mass is 252 g/mol. The predicted molar refractivity (Wildman–Crippen MR) is 75.6 cm³/mol. The van der Waals surface area contributed by atoms with Crippen LogP contribution in [0.1, 0.15) is 23.5 Å². The Labute approximate surface area is 113 Å². The summed E-state index contributed by atoms with van der Waals surface area (Å²) in [4.78, 5) is 11.7. The minimum absolute atomic E-state index is 0.00912. The maximum Gasteiger partial charge on any atom is 0.311 e. The highest BCUT2D eigenvalue weighted by molar-refractivity contribution is 5.72. The van der Waals surface area contributed by atoms with Crippen LogP contribution in [0, 0.1) is 0 Å². The second kappa shape index (κ2) is 6.55. The van der Waals surface area contributed by atoms with Gasteiger partial charge in [0.1, 0.15) is 0 Å². The smallest absolute Gasteiger partial charge is 0.311 e. The molecule has 0 saturated carbocycles. The molecule has 2 aromatic rings. The quantitative estimate of drug-likeness (QED) is 0.596. The molecule has 0 fully saturated rings. The molecule has 0 aliphatic carbocycles. The van der Waals surface area contributed by atoms with Crippen LogP contribution in [0.5, 0.6) is 0 Å². The van der Waals surface area contributed by atoms with Crippen molar-refractivity contribution in [1.82, 2.24) is 0 Å². The van der Waals surface area contributed by atoms with E-state index in [1.165, 1.54) is 6.26 Å². The van der Waals surface area contributed by atoms with Crippen molar-refractivity contribution in [2.45, 2.75) is 12.3 Å². The molecule has 2 heteroatoms. The van der Waals surface area contributed by atoms with Gasteiger partial charge in [0.25, 0.3) is 0 Å². The summed E-state index contributed by atoms with van der Waals surface area (Å²) in [6.45, 7) is 3.41. The van der Waals surface area contributed by atoms with Gasteiger partial charge >= 0.3 is 5.97 Å².